The molecule has 142 valence electrons. The van der Waals surface area contributed by atoms with E-state index in [1.807, 2.05) is 18.2 Å². The van der Waals surface area contributed by atoms with Crippen LogP contribution in [0.25, 0.3) is 0 Å². The smallest absolute Gasteiger partial charge is 0.310 e. The number of esters is 1. The molecule has 2 aromatic carbocycles. The molecule has 1 amide bonds. The highest BCUT2D eigenvalue weighted by Gasteiger charge is 2.22. The third kappa shape index (κ3) is 5.01. The van der Waals surface area contributed by atoms with E-state index < -0.39 is 5.97 Å². The summed E-state index contributed by atoms with van der Waals surface area (Å²) in [6.07, 6.45) is 2.93. The normalized spacial score (nSPS) is 15.6. The Kier molecular flexibility index (Phi) is 6.35. The summed E-state index contributed by atoms with van der Waals surface area (Å²) in [6, 6.07) is 13.1. The second-order valence-corrected chi connectivity index (χ2v) is 6.94. The highest BCUT2D eigenvalue weighted by Crippen LogP contribution is 2.29. The molecule has 0 radical (unpaired) electrons. The molecule has 0 aromatic heterocycles. The standard InChI is InChI=1S/C21H22ClNO4/c1-26-19-10-9-16(22)11-15(19)12-21(25)27-13-20(24)23-18-8-4-6-14-5-2-3-7-17(14)18/h2-3,5,7,9-11,18H,4,6,8,12-13H2,1H3,(H,23,24)/t18-/m1/s1. The Morgan fingerprint density at radius 2 is 2.04 bits per heavy atom. The van der Waals surface area contributed by atoms with Gasteiger partial charge in [0.1, 0.15) is 5.75 Å². The van der Waals surface area contributed by atoms with Gasteiger partial charge < -0.3 is 14.8 Å². The number of rotatable bonds is 6. The molecule has 27 heavy (non-hydrogen) atoms. The Bertz CT molecular complexity index is 837. The molecular formula is C21H22ClNO4. The molecule has 1 aliphatic rings. The lowest BCUT2D eigenvalue weighted by Gasteiger charge is -2.26. The van der Waals surface area contributed by atoms with Crippen LogP contribution in [-0.2, 0) is 27.2 Å². The van der Waals surface area contributed by atoms with Crippen LogP contribution >= 0.6 is 11.6 Å². The maximum atomic E-state index is 12.2. The molecule has 0 unspecified atom stereocenters. The van der Waals surface area contributed by atoms with Gasteiger partial charge in [0.15, 0.2) is 6.61 Å². The van der Waals surface area contributed by atoms with Crippen LogP contribution in [-0.4, -0.2) is 25.6 Å². The van der Waals surface area contributed by atoms with Gasteiger partial charge in [-0.15, -0.1) is 0 Å². The van der Waals surface area contributed by atoms with Crippen molar-refractivity contribution in [1.29, 1.82) is 0 Å². The first-order chi connectivity index (χ1) is 13.1. The van der Waals surface area contributed by atoms with E-state index in [2.05, 4.69) is 11.4 Å². The van der Waals surface area contributed by atoms with Crippen LogP contribution in [0, 0.1) is 0 Å². The van der Waals surface area contributed by atoms with Gasteiger partial charge in [-0.1, -0.05) is 35.9 Å². The van der Waals surface area contributed by atoms with E-state index in [-0.39, 0.29) is 25.0 Å². The lowest BCUT2D eigenvalue weighted by molar-refractivity contribution is -0.148. The highest BCUT2D eigenvalue weighted by atomic mass is 35.5. The molecule has 1 aliphatic carbocycles. The average Bonchev–Trinajstić information content (AvgIpc) is 2.67. The molecule has 0 aliphatic heterocycles. The minimum Gasteiger partial charge on any atom is -0.496 e. The summed E-state index contributed by atoms with van der Waals surface area (Å²) >= 11 is 5.96. The van der Waals surface area contributed by atoms with Crippen molar-refractivity contribution in [3.63, 3.8) is 0 Å². The van der Waals surface area contributed by atoms with Crippen LogP contribution in [0.4, 0.5) is 0 Å². The van der Waals surface area contributed by atoms with Crippen molar-refractivity contribution in [3.05, 3.63) is 64.2 Å². The molecule has 2 aromatic rings. The monoisotopic (exact) mass is 387 g/mol. The molecule has 1 N–H and O–H groups in total. The van der Waals surface area contributed by atoms with Gasteiger partial charge >= 0.3 is 5.97 Å². The second kappa shape index (κ2) is 8.91. The Balaban J connectivity index is 1.53. The summed E-state index contributed by atoms with van der Waals surface area (Å²) in [4.78, 5) is 24.3. The molecule has 1 atom stereocenters. The van der Waals surface area contributed by atoms with Crippen LogP contribution in [0.3, 0.4) is 0 Å². The minimum absolute atomic E-state index is 0.0106. The van der Waals surface area contributed by atoms with Crippen LogP contribution in [0.2, 0.25) is 5.02 Å². The van der Waals surface area contributed by atoms with Crippen molar-refractivity contribution in [2.45, 2.75) is 31.7 Å². The highest BCUT2D eigenvalue weighted by molar-refractivity contribution is 6.30. The average molecular weight is 388 g/mol. The zero-order chi connectivity index (χ0) is 19.2. The number of carbonyl (C=O) groups is 2. The number of hydrogen-bond acceptors (Lipinski definition) is 4. The number of nitrogens with one attached hydrogen (secondary N) is 1. The number of halogens is 1. The number of fused-ring (bicyclic) bond motifs is 1. The molecule has 0 saturated heterocycles. The quantitative estimate of drug-likeness (QED) is 0.769. The lowest BCUT2D eigenvalue weighted by Crippen LogP contribution is -2.34. The Labute approximate surface area is 163 Å². The van der Waals surface area contributed by atoms with Crippen molar-refractivity contribution < 1.29 is 19.1 Å². The van der Waals surface area contributed by atoms with Crippen molar-refractivity contribution in [2.75, 3.05) is 13.7 Å². The van der Waals surface area contributed by atoms with Crippen molar-refractivity contribution >= 4 is 23.5 Å². The number of ether oxygens (including phenoxy) is 2. The minimum atomic E-state index is -0.505. The SMILES string of the molecule is COc1ccc(Cl)cc1CC(=O)OCC(=O)N[C@@H]1CCCc2ccccc21. The van der Waals surface area contributed by atoms with E-state index in [9.17, 15) is 9.59 Å². The predicted octanol–water partition coefficient (Wildman–Crippen LogP) is 3.63. The lowest BCUT2D eigenvalue weighted by atomic mass is 9.88. The van der Waals surface area contributed by atoms with Crippen molar-refractivity contribution in [2.24, 2.45) is 0 Å². The second-order valence-electron chi connectivity index (χ2n) is 6.50. The van der Waals surface area contributed by atoms with Gasteiger partial charge in [-0.05, 0) is 48.6 Å². The molecule has 0 spiro atoms. The first-order valence-electron chi connectivity index (χ1n) is 8.92. The molecule has 0 fully saturated rings. The molecule has 3 rings (SSSR count). The van der Waals surface area contributed by atoms with Gasteiger partial charge in [0.05, 0.1) is 19.6 Å². The summed E-state index contributed by atoms with van der Waals surface area (Å²) in [6.45, 7) is -0.305. The third-order valence-electron chi connectivity index (χ3n) is 4.65. The van der Waals surface area contributed by atoms with Crippen LogP contribution in [0.15, 0.2) is 42.5 Å². The van der Waals surface area contributed by atoms with Gasteiger partial charge in [0, 0.05) is 10.6 Å². The van der Waals surface area contributed by atoms with E-state index in [1.165, 1.54) is 12.7 Å². The molecule has 5 nitrogen and oxygen atoms in total. The van der Waals surface area contributed by atoms with Gasteiger partial charge in [0.2, 0.25) is 0 Å². The number of amides is 1. The maximum absolute atomic E-state index is 12.2. The van der Waals surface area contributed by atoms with E-state index >= 15 is 0 Å². The molecule has 0 saturated carbocycles. The number of aryl methyl sites for hydroxylation is 1. The maximum Gasteiger partial charge on any atom is 0.310 e. The first-order valence-corrected chi connectivity index (χ1v) is 9.30. The van der Waals surface area contributed by atoms with Crippen LogP contribution < -0.4 is 10.1 Å². The summed E-state index contributed by atoms with van der Waals surface area (Å²) in [5, 5.41) is 3.47. The fourth-order valence-corrected chi connectivity index (χ4v) is 3.57. The molecular weight excluding hydrogens is 366 g/mol. The largest absolute Gasteiger partial charge is 0.496 e. The topological polar surface area (TPSA) is 64.6 Å². The molecule has 6 heteroatoms. The zero-order valence-electron chi connectivity index (χ0n) is 15.2. The van der Waals surface area contributed by atoms with Crippen LogP contribution in [0.5, 0.6) is 5.75 Å². The van der Waals surface area contributed by atoms with Crippen molar-refractivity contribution in [3.8, 4) is 5.75 Å². The van der Waals surface area contributed by atoms with Crippen LogP contribution in [0.1, 0.15) is 35.6 Å². The van der Waals surface area contributed by atoms with Gasteiger partial charge in [0.25, 0.3) is 5.91 Å². The first kappa shape index (κ1) is 19.2. The summed E-state index contributed by atoms with van der Waals surface area (Å²) in [5.74, 6) is -0.252. The third-order valence-corrected chi connectivity index (χ3v) is 4.88. The Morgan fingerprint density at radius 1 is 1.22 bits per heavy atom. The van der Waals surface area contributed by atoms with Gasteiger partial charge in [-0.25, -0.2) is 0 Å². The van der Waals surface area contributed by atoms with Crippen molar-refractivity contribution in [1.82, 2.24) is 5.32 Å². The van der Waals surface area contributed by atoms with Gasteiger partial charge in [-0.2, -0.15) is 0 Å². The van der Waals surface area contributed by atoms with E-state index in [0.717, 1.165) is 24.8 Å². The summed E-state index contributed by atoms with van der Waals surface area (Å²) < 4.78 is 10.3. The molecule has 0 heterocycles. The molecule has 0 bridgehead atoms. The number of hydrogen-bond donors (Lipinski definition) is 1. The summed E-state index contributed by atoms with van der Waals surface area (Å²) in [5.41, 5.74) is 3.03. The van der Waals surface area contributed by atoms with E-state index in [0.29, 0.717) is 16.3 Å². The fraction of sp³-hybridized carbons (Fsp3) is 0.333. The van der Waals surface area contributed by atoms with E-state index in [1.54, 1.807) is 18.2 Å². The Hall–Kier alpha value is -2.53. The Morgan fingerprint density at radius 3 is 2.85 bits per heavy atom. The summed E-state index contributed by atoms with van der Waals surface area (Å²) in [7, 11) is 1.52. The number of methoxy groups -OCH3 is 1. The predicted molar refractivity (Wildman–Crippen MR) is 103 cm³/mol. The zero-order valence-corrected chi connectivity index (χ0v) is 15.9. The number of carbonyl (C=O) groups excluding carboxylic acids is 2. The number of benzene rings is 2. The van der Waals surface area contributed by atoms with E-state index in [4.69, 9.17) is 21.1 Å². The van der Waals surface area contributed by atoms with Gasteiger partial charge in [-0.3, -0.25) is 9.59 Å². The fourth-order valence-electron chi connectivity index (χ4n) is 3.38.